The average molecular weight is 387 g/mol. The van der Waals surface area contributed by atoms with Crippen molar-refractivity contribution in [3.63, 3.8) is 0 Å². The Hall–Kier alpha value is -2.37. The molecule has 1 heterocycles. The molecule has 3 rings (SSSR count). The molecule has 1 aromatic heterocycles. The van der Waals surface area contributed by atoms with Crippen LogP contribution in [0.5, 0.6) is 5.75 Å². The van der Waals surface area contributed by atoms with Crippen LogP contribution in [-0.2, 0) is 17.8 Å². The van der Waals surface area contributed by atoms with Gasteiger partial charge in [0.2, 0.25) is 5.91 Å². The molecule has 2 aromatic carbocycles. The van der Waals surface area contributed by atoms with E-state index in [0.29, 0.717) is 11.6 Å². The van der Waals surface area contributed by atoms with E-state index in [1.807, 2.05) is 49.6 Å². The normalized spacial score (nSPS) is 10.6. The monoisotopic (exact) mass is 386 g/mol. The number of thiazole rings is 1. The molecule has 0 atom stereocenters. The van der Waals surface area contributed by atoms with E-state index in [9.17, 15) is 4.79 Å². The number of nitrogens with one attached hydrogen (secondary N) is 1. The molecule has 1 amide bonds. The predicted octanol–water partition coefficient (Wildman–Crippen LogP) is 5.17. The molecule has 3 aromatic rings. The highest BCUT2D eigenvalue weighted by Gasteiger charge is 2.10. The molecule has 0 saturated heterocycles. The minimum Gasteiger partial charge on any atom is -0.486 e. The summed E-state index contributed by atoms with van der Waals surface area (Å²) in [6.07, 6.45) is 0.241. The van der Waals surface area contributed by atoms with Gasteiger partial charge in [0.25, 0.3) is 0 Å². The van der Waals surface area contributed by atoms with E-state index in [0.717, 1.165) is 33.3 Å². The summed E-state index contributed by atoms with van der Waals surface area (Å²) >= 11 is 7.34. The van der Waals surface area contributed by atoms with Gasteiger partial charge in [0.05, 0.1) is 12.1 Å². The first kappa shape index (κ1) is 18.4. The third-order valence-electron chi connectivity index (χ3n) is 4.00. The van der Waals surface area contributed by atoms with E-state index in [1.165, 1.54) is 11.3 Å². The van der Waals surface area contributed by atoms with Crippen molar-refractivity contribution < 1.29 is 9.53 Å². The molecule has 0 aliphatic carbocycles. The quantitative estimate of drug-likeness (QED) is 0.635. The van der Waals surface area contributed by atoms with Crippen molar-refractivity contribution in [2.24, 2.45) is 0 Å². The van der Waals surface area contributed by atoms with Crippen molar-refractivity contribution in [2.45, 2.75) is 26.9 Å². The van der Waals surface area contributed by atoms with E-state index in [1.54, 1.807) is 12.1 Å². The van der Waals surface area contributed by atoms with Crippen molar-refractivity contribution in [2.75, 3.05) is 5.32 Å². The van der Waals surface area contributed by atoms with E-state index < -0.39 is 0 Å². The van der Waals surface area contributed by atoms with Gasteiger partial charge in [-0.25, -0.2) is 4.98 Å². The van der Waals surface area contributed by atoms with Gasteiger partial charge in [-0.15, -0.1) is 11.3 Å². The third kappa shape index (κ3) is 4.84. The first-order valence-electron chi connectivity index (χ1n) is 8.19. The maximum Gasteiger partial charge on any atom is 0.230 e. The number of benzene rings is 2. The van der Waals surface area contributed by atoms with Gasteiger partial charge in [0.1, 0.15) is 17.4 Å². The van der Waals surface area contributed by atoms with Crippen molar-refractivity contribution in [3.8, 4) is 5.75 Å². The lowest BCUT2D eigenvalue weighted by atomic mass is 10.1. The van der Waals surface area contributed by atoms with Gasteiger partial charge in [0, 0.05) is 16.1 Å². The van der Waals surface area contributed by atoms with Crippen LogP contribution in [0, 0.1) is 13.8 Å². The highest BCUT2D eigenvalue weighted by atomic mass is 35.5. The summed E-state index contributed by atoms with van der Waals surface area (Å²) < 4.78 is 5.68. The molecule has 1 N–H and O–H groups in total. The van der Waals surface area contributed by atoms with Gasteiger partial charge in [-0.2, -0.15) is 0 Å². The zero-order valence-corrected chi connectivity index (χ0v) is 16.2. The van der Waals surface area contributed by atoms with Gasteiger partial charge >= 0.3 is 0 Å². The molecule has 0 aliphatic heterocycles. The minimum atomic E-state index is -0.0748. The molecule has 134 valence electrons. The third-order valence-corrected chi connectivity index (χ3v) is 5.12. The molecule has 0 radical (unpaired) electrons. The molecule has 26 heavy (non-hydrogen) atoms. The van der Waals surface area contributed by atoms with Crippen LogP contribution in [0.1, 0.15) is 21.8 Å². The van der Waals surface area contributed by atoms with Crippen molar-refractivity contribution in [1.82, 2.24) is 4.98 Å². The van der Waals surface area contributed by atoms with Crippen LogP contribution >= 0.6 is 22.9 Å². The van der Waals surface area contributed by atoms with Crippen LogP contribution in [0.4, 0.5) is 5.69 Å². The fourth-order valence-electron chi connectivity index (χ4n) is 2.42. The number of carbonyl (C=O) groups excluding carboxylic acids is 1. The van der Waals surface area contributed by atoms with E-state index in [-0.39, 0.29) is 12.3 Å². The molecule has 0 saturated carbocycles. The van der Waals surface area contributed by atoms with Crippen molar-refractivity contribution >= 4 is 34.5 Å². The summed E-state index contributed by atoms with van der Waals surface area (Å²) in [5, 5.41) is 6.34. The number of carbonyl (C=O) groups is 1. The Bertz CT molecular complexity index is 906. The Morgan fingerprint density at radius 3 is 2.73 bits per heavy atom. The van der Waals surface area contributed by atoms with Crippen molar-refractivity contribution in [3.05, 3.63) is 74.7 Å². The first-order valence-corrected chi connectivity index (χ1v) is 9.45. The molecular weight excluding hydrogens is 368 g/mol. The highest BCUT2D eigenvalue weighted by molar-refractivity contribution is 7.09. The van der Waals surface area contributed by atoms with Crippen LogP contribution in [0.3, 0.4) is 0 Å². The number of nitrogens with zero attached hydrogens (tertiary/aromatic N) is 1. The van der Waals surface area contributed by atoms with Gasteiger partial charge in [-0.05, 0) is 55.3 Å². The number of anilines is 1. The van der Waals surface area contributed by atoms with E-state index in [4.69, 9.17) is 16.3 Å². The zero-order valence-electron chi connectivity index (χ0n) is 14.6. The van der Waals surface area contributed by atoms with Crippen LogP contribution < -0.4 is 10.1 Å². The summed E-state index contributed by atoms with van der Waals surface area (Å²) in [7, 11) is 0. The van der Waals surface area contributed by atoms with E-state index in [2.05, 4.69) is 10.3 Å². The summed E-state index contributed by atoms with van der Waals surface area (Å²) in [4.78, 5) is 16.7. The fourth-order valence-corrected chi connectivity index (χ4v) is 3.25. The average Bonchev–Trinajstić information content (AvgIpc) is 3.06. The Morgan fingerprint density at radius 1 is 1.19 bits per heavy atom. The highest BCUT2D eigenvalue weighted by Crippen LogP contribution is 2.20. The Labute approximate surface area is 161 Å². The molecule has 6 heteroatoms. The summed E-state index contributed by atoms with van der Waals surface area (Å²) in [5.74, 6) is 0.660. The molecule has 0 unspecified atom stereocenters. The van der Waals surface area contributed by atoms with Gasteiger partial charge in [0.15, 0.2) is 0 Å². The smallest absolute Gasteiger partial charge is 0.230 e. The molecular formula is C20H19ClN2O2S. The van der Waals surface area contributed by atoms with Crippen LogP contribution in [0.15, 0.2) is 47.8 Å². The Morgan fingerprint density at radius 2 is 1.96 bits per heavy atom. The number of aryl methyl sites for hydroxylation is 1. The van der Waals surface area contributed by atoms with Crippen LogP contribution in [0.25, 0.3) is 0 Å². The van der Waals surface area contributed by atoms with Gasteiger partial charge in [-0.1, -0.05) is 23.7 Å². The SMILES string of the molecule is Cc1cccc(NC(=O)Cc2csc(COc3ccc(Cl)cc3)n2)c1C. The Kier molecular flexibility index (Phi) is 5.91. The second-order valence-electron chi connectivity index (χ2n) is 5.95. The van der Waals surface area contributed by atoms with Crippen molar-refractivity contribution in [1.29, 1.82) is 0 Å². The molecule has 0 spiro atoms. The summed E-state index contributed by atoms with van der Waals surface area (Å²) in [6, 6.07) is 13.1. The lowest BCUT2D eigenvalue weighted by Crippen LogP contribution is -2.15. The van der Waals surface area contributed by atoms with Crippen LogP contribution in [-0.4, -0.2) is 10.9 Å². The van der Waals surface area contributed by atoms with Gasteiger partial charge < -0.3 is 10.1 Å². The number of aromatic nitrogens is 1. The number of rotatable bonds is 6. The number of amides is 1. The number of ether oxygens (including phenoxy) is 1. The standard InChI is InChI=1S/C20H19ClN2O2S/c1-13-4-3-5-18(14(13)2)23-19(24)10-16-12-26-20(22-16)11-25-17-8-6-15(21)7-9-17/h3-9,12H,10-11H2,1-2H3,(H,23,24). The number of hydrogen-bond acceptors (Lipinski definition) is 4. The molecule has 0 aliphatic rings. The largest absolute Gasteiger partial charge is 0.486 e. The Balaban J connectivity index is 1.55. The second kappa shape index (κ2) is 8.34. The lowest BCUT2D eigenvalue weighted by Gasteiger charge is -2.09. The van der Waals surface area contributed by atoms with E-state index >= 15 is 0 Å². The number of halogens is 1. The van der Waals surface area contributed by atoms with Gasteiger partial charge in [-0.3, -0.25) is 4.79 Å². The number of hydrogen-bond donors (Lipinski definition) is 1. The second-order valence-corrected chi connectivity index (χ2v) is 7.33. The predicted molar refractivity (Wildman–Crippen MR) is 106 cm³/mol. The minimum absolute atomic E-state index is 0.0748. The maximum atomic E-state index is 12.3. The van der Waals surface area contributed by atoms with Crippen LogP contribution in [0.2, 0.25) is 5.02 Å². The molecule has 4 nitrogen and oxygen atoms in total. The summed E-state index contributed by atoms with van der Waals surface area (Å²) in [5.41, 5.74) is 3.82. The maximum absolute atomic E-state index is 12.3. The molecule has 0 bridgehead atoms. The lowest BCUT2D eigenvalue weighted by molar-refractivity contribution is -0.115. The first-order chi connectivity index (χ1) is 12.5. The topological polar surface area (TPSA) is 51.2 Å². The summed E-state index contributed by atoms with van der Waals surface area (Å²) in [6.45, 7) is 4.39. The molecule has 0 fully saturated rings. The zero-order chi connectivity index (χ0) is 18.5. The fraction of sp³-hybridized carbons (Fsp3) is 0.200.